The topological polar surface area (TPSA) is 38.8 Å². The quantitative estimate of drug-likeness (QED) is 0.210. The fourth-order valence-corrected chi connectivity index (χ4v) is 4.66. The number of anilines is 1. The van der Waals surface area contributed by atoms with E-state index in [9.17, 15) is 4.79 Å². The minimum absolute atomic E-state index is 0.118. The molecule has 6 heteroatoms. The molecule has 168 valence electrons. The van der Waals surface area contributed by atoms with E-state index >= 15 is 0 Å². The number of thiocarbonyl (C=S) groups is 1. The minimum atomic E-state index is -0.118. The normalized spacial score (nSPS) is 14.7. The number of hydrogen-bond donors (Lipinski definition) is 0. The van der Waals surface area contributed by atoms with Crippen LogP contribution in [0.5, 0.6) is 11.5 Å². The second-order valence-electron chi connectivity index (χ2n) is 7.69. The van der Waals surface area contributed by atoms with E-state index in [0.29, 0.717) is 22.4 Å². The van der Waals surface area contributed by atoms with Crippen molar-refractivity contribution in [3.8, 4) is 11.5 Å². The predicted molar refractivity (Wildman–Crippen MR) is 140 cm³/mol. The summed E-state index contributed by atoms with van der Waals surface area (Å²) in [7, 11) is 0. The molecule has 0 saturated carbocycles. The average molecular weight is 476 g/mol. The van der Waals surface area contributed by atoms with Crippen molar-refractivity contribution in [2.45, 2.75) is 20.3 Å². The molecule has 0 spiro atoms. The summed E-state index contributed by atoms with van der Waals surface area (Å²) in [5.41, 5.74) is 4.09. The van der Waals surface area contributed by atoms with Crippen molar-refractivity contribution in [1.82, 2.24) is 0 Å². The van der Waals surface area contributed by atoms with Crippen LogP contribution in [0.25, 0.3) is 6.08 Å². The lowest BCUT2D eigenvalue weighted by molar-refractivity contribution is -0.113. The van der Waals surface area contributed by atoms with Gasteiger partial charge in [-0.15, -0.1) is 0 Å². The molecule has 1 saturated heterocycles. The van der Waals surface area contributed by atoms with Crippen LogP contribution < -0.4 is 14.4 Å². The van der Waals surface area contributed by atoms with E-state index < -0.39 is 0 Å². The zero-order chi connectivity index (χ0) is 23.2. The minimum Gasteiger partial charge on any atom is -0.493 e. The Hall–Kier alpha value is -3.09. The van der Waals surface area contributed by atoms with Gasteiger partial charge in [-0.1, -0.05) is 66.4 Å². The highest BCUT2D eigenvalue weighted by molar-refractivity contribution is 8.27. The molecule has 1 amide bonds. The highest BCUT2D eigenvalue weighted by Gasteiger charge is 2.33. The van der Waals surface area contributed by atoms with Crippen LogP contribution in [-0.4, -0.2) is 23.4 Å². The molecule has 0 unspecified atom stereocenters. The molecule has 1 aliphatic rings. The van der Waals surface area contributed by atoms with Gasteiger partial charge in [0.05, 0.1) is 23.8 Å². The van der Waals surface area contributed by atoms with Crippen molar-refractivity contribution >= 4 is 46.0 Å². The maximum atomic E-state index is 13.0. The lowest BCUT2D eigenvalue weighted by Crippen LogP contribution is -2.27. The van der Waals surface area contributed by atoms with E-state index in [1.54, 1.807) is 4.90 Å². The molecular formula is C27H25NO3S2. The number of nitrogens with zero attached hydrogens (tertiary/aromatic N) is 1. The van der Waals surface area contributed by atoms with Crippen molar-refractivity contribution in [2.75, 3.05) is 18.1 Å². The predicted octanol–water partition coefficient (Wildman–Crippen LogP) is 6.56. The van der Waals surface area contributed by atoms with Crippen LogP contribution in [-0.2, 0) is 4.79 Å². The monoisotopic (exact) mass is 475 g/mol. The molecular weight excluding hydrogens is 450 g/mol. The number of aryl methyl sites for hydroxylation is 2. The first kappa shape index (κ1) is 23.1. The first-order valence-electron chi connectivity index (χ1n) is 10.8. The van der Waals surface area contributed by atoms with Crippen LogP contribution in [0.1, 0.15) is 23.1 Å². The zero-order valence-corrected chi connectivity index (χ0v) is 20.2. The van der Waals surface area contributed by atoms with Crippen LogP contribution in [0.3, 0.4) is 0 Å². The van der Waals surface area contributed by atoms with Crippen molar-refractivity contribution in [3.05, 3.63) is 94.4 Å². The molecule has 3 aromatic rings. The van der Waals surface area contributed by atoms with E-state index in [2.05, 4.69) is 26.0 Å². The van der Waals surface area contributed by atoms with E-state index in [1.807, 2.05) is 66.7 Å². The third-order valence-corrected chi connectivity index (χ3v) is 6.61. The van der Waals surface area contributed by atoms with Gasteiger partial charge < -0.3 is 9.47 Å². The molecule has 0 bridgehead atoms. The molecule has 4 nitrogen and oxygen atoms in total. The van der Waals surface area contributed by atoms with E-state index in [4.69, 9.17) is 21.7 Å². The largest absolute Gasteiger partial charge is 0.493 e. The van der Waals surface area contributed by atoms with Gasteiger partial charge in [0.2, 0.25) is 0 Å². The summed E-state index contributed by atoms with van der Waals surface area (Å²) in [6.45, 7) is 5.25. The van der Waals surface area contributed by atoms with Crippen molar-refractivity contribution in [1.29, 1.82) is 0 Å². The number of para-hydroxylation sites is 2. The van der Waals surface area contributed by atoms with Crippen LogP contribution in [0.15, 0.2) is 77.7 Å². The molecule has 1 aliphatic heterocycles. The highest BCUT2D eigenvalue weighted by atomic mass is 32.2. The second kappa shape index (κ2) is 10.7. The van der Waals surface area contributed by atoms with Crippen molar-refractivity contribution in [3.63, 3.8) is 0 Å². The van der Waals surface area contributed by atoms with Gasteiger partial charge in [0.25, 0.3) is 5.91 Å². The second-order valence-corrected chi connectivity index (χ2v) is 9.36. The van der Waals surface area contributed by atoms with Crippen molar-refractivity contribution < 1.29 is 14.3 Å². The van der Waals surface area contributed by atoms with E-state index in [1.165, 1.54) is 22.9 Å². The van der Waals surface area contributed by atoms with Crippen LogP contribution in [0, 0.1) is 13.8 Å². The molecule has 3 aromatic carbocycles. The molecule has 33 heavy (non-hydrogen) atoms. The Labute approximate surface area is 204 Å². The van der Waals surface area contributed by atoms with Gasteiger partial charge in [0.15, 0.2) is 4.32 Å². The summed E-state index contributed by atoms with van der Waals surface area (Å²) in [6.07, 6.45) is 2.60. The molecule has 0 atom stereocenters. The Morgan fingerprint density at radius 3 is 2.42 bits per heavy atom. The van der Waals surface area contributed by atoms with E-state index in [-0.39, 0.29) is 5.91 Å². The van der Waals surface area contributed by atoms with Gasteiger partial charge in [-0.3, -0.25) is 9.69 Å². The molecule has 0 aliphatic carbocycles. The molecule has 1 fully saturated rings. The molecule has 0 radical (unpaired) electrons. The molecule has 4 rings (SSSR count). The standard InChI is InChI=1S/C27H25NO3S2/c1-19-13-14-23(17-20(19)2)30-15-8-16-31-24-12-7-6-9-21(24)18-25-26(29)28(27(32)33-25)22-10-4-3-5-11-22/h3-7,9-14,17-18H,8,15-16H2,1-2H3. The summed E-state index contributed by atoms with van der Waals surface area (Å²) >= 11 is 6.77. The van der Waals surface area contributed by atoms with Crippen LogP contribution >= 0.6 is 24.0 Å². The summed E-state index contributed by atoms with van der Waals surface area (Å²) in [5, 5.41) is 0. The summed E-state index contributed by atoms with van der Waals surface area (Å²) < 4.78 is 12.4. The Kier molecular flexibility index (Phi) is 7.47. The summed E-state index contributed by atoms with van der Waals surface area (Å²) in [5.74, 6) is 1.49. The van der Waals surface area contributed by atoms with Crippen molar-refractivity contribution in [2.24, 2.45) is 0 Å². The van der Waals surface area contributed by atoms with Gasteiger partial charge in [0.1, 0.15) is 11.5 Å². The third kappa shape index (κ3) is 5.64. The number of benzene rings is 3. The van der Waals surface area contributed by atoms with Gasteiger partial charge in [-0.2, -0.15) is 0 Å². The Balaban J connectivity index is 1.37. The van der Waals surface area contributed by atoms with E-state index in [0.717, 1.165) is 29.2 Å². The zero-order valence-electron chi connectivity index (χ0n) is 18.6. The fraction of sp³-hybridized carbons (Fsp3) is 0.185. The average Bonchev–Trinajstić information content (AvgIpc) is 3.10. The summed E-state index contributed by atoms with van der Waals surface area (Å²) in [6, 6.07) is 23.3. The smallest absolute Gasteiger partial charge is 0.270 e. The van der Waals surface area contributed by atoms with Gasteiger partial charge in [-0.25, -0.2) is 0 Å². The fourth-order valence-electron chi connectivity index (χ4n) is 3.37. The Morgan fingerprint density at radius 2 is 1.64 bits per heavy atom. The van der Waals surface area contributed by atoms with Crippen LogP contribution in [0.4, 0.5) is 5.69 Å². The number of ether oxygens (including phenoxy) is 2. The third-order valence-electron chi connectivity index (χ3n) is 5.31. The lowest BCUT2D eigenvalue weighted by Gasteiger charge is -2.14. The number of carbonyl (C=O) groups excluding carboxylic acids is 1. The summed E-state index contributed by atoms with van der Waals surface area (Å²) in [4.78, 5) is 15.2. The molecule has 0 N–H and O–H groups in total. The maximum absolute atomic E-state index is 13.0. The van der Waals surface area contributed by atoms with Gasteiger partial charge in [-0.05, 0) is 61.4 Å². The number of thioether (sulfide) groups is 1. The first-order valence-corrected chi connectivity index (χ1v) is 12.0. The number of carbonyl (C=O) groups is 1. The number of hydrogen-bond acceptors (Lipinski definition) is 5. The van der Waals surface area contributed by atoms with Crippen LogP contribution in [0.2, 0.25) is 0 Å². The van der Waals surface area contributed by atoms with Gasteiger partial charge >= 0.3 is 0 Å². The lowest BCUT2D eigenvalue weighted by atomic mass is 10.1. The molecule has 0 aromatic heterocycles. The Bertz CT molecular complexity index is 1190. The van der Waals surface area contributed by atoms with Gasteiger partial charge in [0, 0.05) is 12.0 Å². The molecule has 1 heterocycles. The number of rotatable bonds is 8. The maximum Gasteiger partial charge on any atom is 0.270 e. The Morgan fingerprint density at radius 1 is 0.909 bits per heavy atom. The number of amides is 1. The SMILES string of the molecule is Cc1ccc(OCCCOc2ccccc2C=C2SC(=S)N(c3ccccc3)C2=O)cc1C. The highest BCUT2D eigenvalue weighted by Crippen LogP contribution is 2.37. The first-order chi connectivity index (χ1) is 16.0.